The van der Waals surface area contributed by atoms with Gasteiger partial charge in [-0.05, 0) is 31.9 Å². The Kier molecular flexibility index (Phi) is 5.02. The second-order valence-corrected chi connectivity index (χ2v) is 3.25. The zero-order valence-corrected chi connectivity index (χ0v) is 8.86. The van der Waals surface area contributed by atoms with E-state index >= 15 is 0 Å². The molecule has 0 aliphatic carbocycles. The molecule has 0 amide bonds. The van der Waals surface area contributed by atoms with E-state index in [1.807, 2.05) is 26.8 Å². The lowest BCUT2D eigenvalue weighted by molar-refractivity contribution is 0.872. The van der Waals surface area contributed by atoms with Crippen molar-refractivity contribution in [3.63, 3.8) is 0 Å². The minimum atomic E-state index is 0.00620. The van der Waals surface area contributed by atoms with Crippen LogP contribution in [0.25, 0.3) is 0 Å². The van der Waals surface area contributed by atoms with E-state index in [-0.39, 0.29) is 6.04 Å². The largest absolute Gasteiger partial charge is 0.324 e. The van der Waals surface area contributed by atoms with Crippen LogP contribution in [0.15, 0.2) is 34.8 Å². The summed E-state index contributed by atoms with van der Waals surface area (Å²) in [5.74, 6) is 0. The van der Waals surface area contributed by atoms with Crippen LogP contribution in [0, 0.1) is 0 Å². The van der Waals surface area contributed by atoms with E-state index in [2.05, 4.69) is 19.2 Å². The second-order valence-electron chi connectivity index (χ2n) is 2.76. The number of allylic oxidation sites excluding steroid dienone is 3. The summed E-state index contributed by atoms with van der Waals surface area (Å²) in [5, 5.41) is 0. The smallest absolute Gasteiger partial charge is 0.0279 e. The maximum atomic E-state index is 5.79. The third-order valence-corrected chi connectivity index (χ3v) is 2.23. The number of nitrogens with two attached hydrogens (primary N) is 1. The Labute approximate surface area is 80.4 Å². The zero-order valence-electron chi connectivity index (χ0n) is 7.96. The summed E-state index contributed by atoms with van der Waals surface area (Å²) < 4.78 is 0. The molecule has 0 heterocycles. The average molecular weight is 183 g/mol. The molecule has 1 atom stereocenters. The van der Waals surface area contributed by atoms with Gasteiger partial charge in [0.25, 0.3) is 0 Å². The van der Waals surface area contributed by atoms with Gasteiger partial charge in [-0.1, -0.05) is 18.7 Å². The van der Waals surface area contributed by atoms with E-state index < -0.39 is 0 Å². The predicted molar refractivity (Wildman–Crippen MR) is 59.3 cm³/mol. The molecular formula is C10H17NS. The summed E-state index contributed by atoms with van der Waals surface area (Å²) in [7, 11) is 0. The molecule has 0 aromatic carbocycles. The minimum Gasteiger partial charge on any atom is -0.324 e. The Hall–Kier alpha value is -0.470. The maximum Gasteiger partial charge on any atom is 0.0279 e. The quantitative estimate of drug-likeness (QED) is 0.510. The summed E-state index contributed by atoms with van der Waals surface area (Å²) >= 11 is 4.33. The van der Waals surface area contributed by atoms with Crippen LogP contribution in [0.1, 0.15) is 20.8 Å². The van der Waals surface area contributed by atoms with Gasteiger partial charge >= 0.3 is 0 Å². The van der Waals surface area contributed by atoms with Crippen molar-refractivity contribution in [1.29, 1.82) is 0 Å². The Morgan fingerprint density at radius 2 is 2.08 bits per heavy atom. The lowest BCUT2D eigenvalue weighted by Crippen LogP contribution is -2.19. The van der Waals surface area contributed by atoms with Gasteiger partial charge in [0.15, 0.2) is 0 Å². The van der Waals surface area contributed by atoms with Crippen LogP contribution >= 0.6 is 12.6 Å². The average Bonchev–Trinajstić information content (AvgIpc) is 2.03. The SMILES string of the molecule is C=C/C(C)=C(\C(S)=C\C)[C@H](C)N. The van der Waals surface area contributed by atoms with Gasteiger partial charge in [0.2, 0.25) is 0 Å². The van der Waals surface area contributed by atoms with E-state index in [0.717, 1.165) is 16.1 Å². The van der Waals surface area contributed by atoms with Crippen molar-refractivity contribution in [2.75, 3.05) is 0 Å². The minimum absolute atomic E-state index is 0.00620. The Balaban J connectivity index is 5.05. The van der Waals surface area contributed by atoms with Crippen LogP contribution in [-0.4, -0.2) is 6.04 Å². The highest BCUT2D eigenvalue weighted by Crippen LogP contribution is 2.21. The molecule has 0 aromatic rings. The molecule has 0 saturated carbocycles. The molecule has 0 spiro atoms. The first kappa shape index (κ1) is 11.5. The van der Waals surface area contributed by atoms with E-state index in [1.165, 1.54) is 0 Å². The lowest BCUT2D eigenvalue weighted by atomic mass is 10.0. The molecule has 68 valence electrons. The van der Waals surface area contributed by atoms with E-state index in [4.69, 9.17) is 5.73 Å². The number of thiol groups is 1. The van der Waals surface area contributed by atoms with E-state index in [1.54, 1.807) is 6.08 Å². The summed E-state index contributed by atoms with van der Waals surface area (Å²) in [6.45, 7) is 9.59. The monoisotopic (exact) mass is 183 g/mol. The van der Waals surface area contributed by atoms with Crippen molar-refractivity contribution in [3.05, 3.63) is 34.8 Å². The molecule has 0 radical (unpaired) electrons. The van der Waals surface area contributed by atoms with Gasteiger partial charge in [0, 0.05) is 10.9 Å². The highest BCUT2D eigenvalue weighted by Gasteiger charge is 2.07. The lowest BCUT2D eigenvalue weighted by Gasteiger charge is -2.13. The number of hydrogen-bond acceptors (Lipinski definition) is 2. The molecule has 12 heavy (non-hydrogen) atoms. The van der Waals surface area contributed by atoms with Crippen molar-refractivity contribution in [3.8, 4) is 0 Å². The molecule has 0 unspecified atom stereocenters. The number of hydrogen-bond donors (Lipinski definition) is 2. The van der Waals surface area contributed by atoms with E-state index in [0.29, 0.717) is 0 Å². The molecule has 0 aromatic heterocycles. The first-order chi connectivity index (χ1) is 5.54. The summed E-state index contributed by atoms with van der Waals surface area (Å²) in [4.78, 5) is 0.933. The second kappa shape index (κ2) is 5.22. The van der Waals surface area contributed by atoms with Gasteiger partial charge in [0.05, 0.1) is 0 Å². The van der Waals surface area contributed by atoms with Gasteiger partial charge in [-0.25, -0.2) is 0 Å². The van der Waals surface area contributed by atoms with Gasteiger partial charge < -0.3 is 5.73 Å². The molecule has 0 rings (SSSR count). The van der Waals surface area contributed by atoms with E-state index in [9.17, 15) is 0 Å². The number of rotatable bonds is 3. The highest BCUT2D eigenvalue weighted by atomic mass is 32.1. The maximum absolute atomic E-state index is 5.79. The Morgan fingerprint density at radius 1 is 1.58 bits per heavy atom. The molecule has 0 fully saturated rings. The van der Waals surface area contributed by atoms with Crippen LogP contribution in [0.5, 0.6) is 0 Å². The molecule has 0 bridgehead atoms. The molecule has 2 N–H and O–H groups in total. The third-order valence-electron chi connectivity index (χ3n) is 1.74. The van der Waals surface area contributed by atoms with Gasteiger partial charge in [-0.3, -0.25) is 0 Å². The first-order valence-corrected chi connectivity index (χ1v) is 4.43. The Bertz CT molecular complexity index is 224. The zero-order chi connectivity index (χ0) is 9.72. The normalized spacial score (nSPS) is 16.9. The van der Waals surface area contributed by atoms with Crippen LogP contribution in [0.2, 0.25) is 0 Å². The van der Waals surface area contributed by atoms with Crippen LogP contribution in [0.4, 0.5) is 0 Å². The molecular weight excluding hydrogens is 166 g/mol. The van der Waals surface area contributed by atoms with Crippen LogP contribution in [-0.2, 0) is 0 Å². The van der Waals surface area contributed by atoms with Crippen LogP contribution in [0.3, 0.4) is 0 Å². The van der Waals surface area contributed by atoms with Crippen molar-refractivity contribution < 1.29 is 0 Å². The fourth-order valence-electron chi connectivity index (χ4n) is 1.06. The standard InChI is InChI=1S/C10H17NS/c1-5-7(3)10(8(4)11)9(12)6-2/h5-6,8,12H,1,11H2,2-4H3/b9-6-,10-7-/t8-/m0/s1. The molecule has 1 nitrogen and oxygen atoms in total. The van der Waals surface area contributed by atoms with Gasteiger partial charge in [-0.2, -0.15) is 0 Å². The highest BCUT2D eigenvalue weighted by molar-refractivity contribution is 7.84. The molecule has 0 saturated heterocycles. The predicted octanol–water partition coefficient (Wildman–Crippen LogP) is 2.67. The van der Waals surface area contributed by atoms with Crippen molar-refractivity contribution >= 4 is 12.6 Å². The summed E-state index contributed by atoms with van der Waals surface area (Å²) in [6.07, 6.45) is 3.74. The van der Waals surface area contributed by atoms with Crippen molar-refractivity contribution in [1.82, 2.24) is 0 Å². The third kappa shape index (κ3) is 2.88. The fraction of sp³-hybridized carbons (Fsp3) is 0.400. The molecule has 0 aliphatic rings. The van der Waals surface area contributed by atoms with Crippen LogP contribution < -0.4 is 5.73 Å². The summed E-state index contributed by atoms with van der Waals surface area (Å²) in [5.41, 5.74) is 7.95. The topological polar surface area (TPSA) is 26.0 Å². The Morgan fingerprint density at radius 3 is 2.33 bits per heavy atom. The van der Waals surface area contributed by atoms with Gasteiger partial charge in [-0.15, -0.1) is 12.6 Å². The van der Waals surface area contributed by atoms with Crippen molar-refractivity contribution in [2.45, 2.75) is 26.8 Å². The van der Waals surface area contributed by atoms with Gasteiger partial charge in [0.1, 0.15) is 0 Å². The summed E-state index contributed by atoms with van der Waals surface area (Å²) in [6, 6.07) is 0.00620. The molecule has 2 heteroatoms. The molecule has 0 aliphatic heterocycles. The first-order valence-electron chi connectivity index (χ1n) is 3.99. The fourth-order valence-corrected chi connectivity index (χ4v) is 1.44. The van der Waals surface area contributed by atoms with Crippen molar-refractivity contribution in [2.24, 2.45) is 5.73 Å².